The number of nitrogens with two attached hydrogens (primary N) is 1. The maximum atomic E-state index is 11.1. The molecular weight excluding hydrogens is 180 g/mol. The molecule has 3 N–H and O–H groups in total. The molecule has 2 fully saturated rings. The molecule has 1 saturated heterocycles. The van der Waals surface area contributed by atoms with Crippen molar-refractivity contribution in [2.24, 2.45) is 11.7 Å². The zero-order valence-electron chi connectivity index (χ0n) is 7.95. The first kappa shape index (κ1) is 9.44. The van der Waals surface area contributed by atoms with Gasteiger partial charge in [-0.1, -0.05) is 12.8 Å². The molecule has 0 aromatic carbocycles. The maximum Gasteiger partial charge on any atom is 0.239 e. The van der Waals surface area contributed by atoms with E-state index in [9.17, 15) is 9.59 Å². The van der Waals surface area contributed by atoms with Crippen LogP contribution in [0.5, 0.6) is 0 Å². The summed E-state index contributed by atoms with van der Waals surface area (Å²) in [6.07, 6.45) is 4.29. The van der Waals surface area contributed by atoms with Gasteiger partial charge in [0.15, 0.2) is 0 Å². The second kappa shape index (κ2) is 3.56. The highest BCUT2D eigenvalue weighted by atomic mass is 16.1. The van der Waals surface area contributed by atoms with E-state index in [-0.39, 0.29) is 12.0 Å². The van der Waals surface area contributed by atoms with Gasteiger partial charge in [0.1, 0.15) is 12.0 Å². The molecule has 0 aromatic rings. The quantitative estimate of drug-likeness (QED) is 0.566. The van der Waals surface area contributed by atoms with E-state index in [0.29, 0.717) is 5.57 Å². The van der Waals surface area contributed by atoms with Gasteiger partial charge < -0.3 is 5.73 Å². The van der Waals surface area contributed by atoms with Crippen molar-refractivity contribution in [3.8, 4) is 0 Å². The molecule has 1 heterocycles. The first-order valence-corrected chi connectivity index (χ1v) is 5.04. The van der Waals surface area contributed by atoms with E-state index in [0.717, 1.165) is 25.7 Å². The lowest BCUT2D eigenvalue weighted by molar-refractivity contribution is -0.118. The summed E-state index contributed by atoms with van der Waals surface area (Å²) >= 11 is 0. The lowest BCUT2D eigenvalue weighted by Crippen LogP contribution is -2.40. The van der Waals surface area contributed by atoms with Gasteiger partial charge in [-0.25, -0.2) is 4.79 Å². The van der Waals surface area contributed by atoms with Crippen LogP contribution in [-0.4, -0.2) is 23.9 Å². The lowest BCUT2D eigenvalue weighted by atomic mass is 9.82. The van der Waals surface area contributed by atoms with Gasteiger partial charge in [0.05, 0.1) is 0 Å². The standard InChI is InChI=1S/C10H14N2O2/c11-10(14)9-7(5-13)6-3-1-2-4-8(6)12-9/h6,8-9,12H,1-4H2,(H2,11,14). The average molecular weight is 194 g/mol. The molecule has 0 radical (unpaired) electrons. The van der Waals surface area contributed by atoms with Crippen molar-refractivity contribution in [2.75, 3.05) is 0 Å². The Labute approximate surface area is 82.5 Å². The van der Waals surface area contributed by atoms with Crippen LogP contribution in [0, 0.1) is 5.92 Å². The molecule has 3 atom stereocenters. The molecule has 0 aromatic heterocycles. The Balaban J connectivity index is 2.25. The Morgan fingerprint density at radius 2 is 2.14 bits per heavy atom. The zero-order valence-corrected chi connectivity index (χ0v) is 7.95. The van der Waals surface area contributed by atoms with E-state index < -0.39 is 11.9 Å². The highest BCUT2D eigenvalue weighted by molar-refractivity contribution is 5.87. The maximum absolute atomic E-state index is 11.1. The molecule has 1 amide bonds. The van der Waals surface area contributed by atoms with Gasteiger partial charge >= 0.3 is 0 Å². The van der Waals surface area contributed by atoms with Crippen molar-refractivity contribution in [3.05, 3.63) is 5.57 Å². The number of primary amides is 1. The Morgan fingerprint density at radius 1 is 1.43 bits per heavy atom. The van der Waals surface area contributed by atoms with Crippen LogP contribution in [0.4, 0.5) is 0 Å². The van der Waals surface area contributed by atoms with Crippen LogP contribution in [0.3, 0.4) is 0 Å². The summed E-state index contributed by atoms with van der Waals surface area (Å²) in [5.74, 6) is 1.63. The Bertz CT molecular complexity index is 307. The number of rotatable bonds is 1. The normalized spacial score (nSPS) is 36.3. The summed E-state index contributed by atoms with van der Waals surface area (Å²) < 4.78 is 0. The van der Waals surface area contributed by atoms with Crippen LogP contribution in [0.15, 0.2) is 5.57 Å². The van der Waals surface area contributed by atoms with Crippen molar-refractivity contribution in [2.45, 2.75) is 37.8 Å². The average Bonchev–Trinajstić information content (AvgIpc) is 2.56. The predicted octanol–water partition coefficient (Wildman–Crippen LogP) is -0.240. The smallest absolute Gasteiger partial charge is 0.239 e. The van der Waals surface area contributed by atoms with Crippen molar-refractivity contribution in [3.63, 3.8) is 0 Å². The number of carbonyl (C=O) groups excluding carboxylic acids is 2. The Morgan fingerprint density at radius 3 is 2.79 bits per heavy atom. The van der Waals surface area contributed by atoms with Crippen LogP contribution in [0.25, 0.3) is 0 Å². The highest BCUT2D eigenvalue weighted by Crippen LogP contribution is 2.35. The highest BCUT2D eigenvalue weighted by Gasteiger charge is 2.42. The molecule has 2 rings (SSSR count). The van der Waals surface area contributed by atoms with E-state index in [1.807, 2.05) is 5.94 Å². The second-order valence-electron chi connectivity index (χ2n) is 4.06. The summed E-state index contributed by atoms with van der Waals surface area (Å²) in [4.78, 5) is 21.8. The minimum absolute atomic E-state index is 0.193. The predicted molar refractivity (Wildman–Crippen MR) is 51.1 cm³/mol. The number of hydrogen-bond donors (Lipinski definition) is 2. The zero-order chi connectivity index (χ0) is 10.1. The number of nitrogens with one attached hydrogen (secondary N) is 1. The van der Waals surface area contributed by atoms with Crippen LogP contribution in [0.2, 0.25) is 0 Å². The Kier molecular flexibility index (Phi) is 2.40. The third-order valence-electron chi connectivity index (χ3n) is 3.26. The largest absolute Gasteiger partial charge is 0.368 e. The number of fused-ring (bicyclic) bond motifs is 1. The van der Waals surface area contributed by atoms with Crippen LogP contribution in [0.1, 0.15) is 25.7 Å². The first-order valence-electron chi connectivity index (χ1n) is 5.04. The fourth-order valence-electron chi connectivity index (χ4n) is 2.59. The summed E-state index contributed by atoms with van der Waals surface area (Å²) in [5.41, 5.74) is 5.76. The van der Waals surface area contributed by atoms with Gasteiger partial charge in [0, 0.05) is 17.5 Å². The number of hydrogen-bond acceptors (Lipinski definition) is 3. The summed E-state index contributed by atoms with van der Waals surface area (Å²) in [5, 5.41) is 3.12. The van der Waals surface area contributed by atoms with Crippen LogP contribution >= 0.6 is 0 Å². The summed E-state index contributed by atoms with van der Waals surface area (Å²) in [6, 6.07) is -0.307. The van der Waals surface area contributed by atoms with E-state index in [2.05, 4.69) is 5.32 Å². The van der Waals surface area contributed by atoms with Crippen LogP contribution < -0.4 is 11.1 Å². The van der Waals surface area contributed by atoms with Gasteiger partial charge in [0.25, 0.3) is 0 Å². The monoisotopic (exact) mass is 194 g/mol. The first-order chi connectivity index (χ1) is 6.74. The lowest BCUT2D eigenvalue weighted by Gasteiger charge is -2.23. The topological polar surface area (TPSA) is 72.2 Å². The molecule has 0 bridgehead atoms. The number of carbonyl (C=O) groups is 1. The summed E-state index contributed by atoms with van der Waals surface area (Å²) in [6.45, 7) is 0. The molecule has 1 aliphatic heterocycles. The molecule has 4 nitrogen and oxygen atoms in total. The van der Waals surface area contributed by atoms with Gasteiger partial charge in [0.2, 0.25) is 5.91 Å². The third-order valence-corrected chi connectivity index (χ3v) is 3.26. The SMILES string of the molecule is NC(=O)C1NC2CCCCC2C1=C=O. The third kappa shape index (κ3) is 1.37. The summed E-state index contributed by atoms with van der Waals surface area (Å²) in [7, 11) is 0. The van der Waals surface area contributed by atoms with Crippen molar-refractivity contribution < 1.29 is 9.59 Å². The minimum Gasteiger partial charge on any atom is -0.368 e. The van der Waals surface area contributed by atoms with E-state index >= 15 is 0 Å². The van der Waals surface area contributed by atoms with Crippen molar-refractivity contribution in [1.82, 2.24) is 5.32 Å². The molecule has 2 aliphatic rings. The molecule has 3 unspecified atom stereocenters. The second-order valence-corrected chi connectivity index (χ2v) is 4.06. The van der Waals surface area contributed by atoms with Gasteiger partial charge in [-0.3, -0.25) is 10.1 Å². The van der Waals surface area contributed by atoms with Crippen molar-refractivity contribution >= 4 is 11.8 Å². The Hall–Kier alpha value is -1.12. The van der Waals surface area contributed by atoms with Crippen LogP contribution in [-0.2, 0) is 9.59 Å². The molecule has 14 heavy (non-hydrogen) atoms. The fourth-order valence-corrected chi connectivity index (χ4v) is 2.59. The molecule has 1 saturated carbocycles. The molecular formula is C10H14N2O2. The molecule has 1 aliphatic carbocycles. The van der Waals surface area contributed by atoms with E-state index in [4.69, 9.17) is 5.73 Å². The number of amides is 1. The van der Waals surface area contributed by atoms with E-state index in [1.54, 1.807) is 0 Å². The molecule has 0 spiro atoms. The van der Waals surface area contributed by atoms with Gasteiger partial charge in [-0.2, -0.15) is 0 Å². The molecule has 76 valence electrons. The van der Waals surface area contributed by atoms with Gasteiger partial charge in [-0.15, -0.1) is 0 Å². The fraction of sp³-hybridized carbons (Fsp3) is 0.700. The molecule has 4 heteroatoms. The van der Waals surface area contributed by atoms with Crippen molar-refractivity contribution in [1.29, 1.82) is 0 Å². The van der Waals surface area contributed by atoms with E-state index in [1.165, 1.54) is 0 Å². The van der Waals surface area contributed by atoms with Gasteiger partial charge in [-0.05, 0) is 12.8 Å². The minimum atomic E-state index is -0.569.